The van der Waals surface area contributed by atoms with Crippen LogP contribution in [0.4, 0.5) is 11.4 Å². The molecule has 0 heterocycles. The maximum absolute atomic E-state index is 12.3. The predicted octanol–water partition coefficient (Wildman–Crippen LogP) is 4.27. The summed E-state index contributed by atoms with van der Waals surface area (Å²) in [6, 6.07) is 23.2. The predicted molar refractivity (Wildman–Crippen MR) is 125 cm³/mol. The van der Waals surface area contributed by atoms with Crippen LogP contribution in [0.5, 0.6) is 11.5 Å². The number of carbonyl (C=O) groups is 2. The molecule has 0 bridgehead atoms. The monoisotopic (exact) mass is 433 g/mol. The number of carbonyl (C=O) groups excluding carboxylic acids is 1. The van der Waals surface area contributed by atoms with Gasteiger partial charge in [-0.2, -0.15) is 0 Å². The largest absolute Gasteiger partial charge is 0.480 e. The van der Waals surface area contributed by atoms with Crippen molar-refractivity contribution in [3.8, 4) is 11.5 Å². The van der Waals surface area contributed by atoms with Gasteiger partial charge < -0.3 is 25.8 Å². The van der Waals surface area contributed by atoms with Crippen LogP contribution < -0.4 is 20.7 Å². The van der Waals surface area contributed by atoms with E-state index in [2.05, 4.69) is 16.0 Å². The number of carboxylic acids is 1. The zero-order valence-corrected chi connectivity index (χ0v) is 17.9. The Hall–Kier alpha value is -3.84. The van der Waals surface area contributed by atoms with Crippen molar-refractivity contribution in [1.82, 2.24) is 5.32 Å². The van der Waals surface area contributed by atoms with Crippen molar-refractivity contribution in [3.63, 3.8) is 0 Å². The second-order valence-corrected chi connectivity index (χ2v) is 7.33. The Kier molecular flexibility index (Phi) is 8.22. The molecule has 7 heteroatoms. The molecule has 0 aliphatic rings. The smallest absolute Gasteiger partial charge is 0.321 e. The Bertz CT molecular complexity index is 1020. The maximum Gasteiger partial charge on any atom is 0.321 e. The van der Waals surface area contributed by atoms with Crippen molar-refractivity contribution in [2.45, 2.75) is 19.4 Å². The van der Waals surface area contributed by atoms with Crippen molar-refractivity contribution in [2.24, 2.45) is 0 Å². The van der Waals surface area contributed by atoms with Crippen LogP contribution in [0, 0.1) is 6.92 Å². The summed E-state index contributed by atoms with van der Waals surface area (Å²) in [5, 5.41) is 18.3. The number of aryl methyl sites for hydroxylation is 1. The summed E-state index contributed by atoms with van der Waals surface area (Å²) >= 11 is 0. The highest BCUT2D eigenvalue weighted by atomic mass is 16.5. The number of carboxylic acid groups (broad SMARTS) is 1. The molecule has 0 aliphatic heterocycles. The highest BCUT2D eigenvalue weighted by molar-refractivity contribution is 5.94. The van der Waals surface area contributed by atoms with Gasteiger partial charge in [-0.25, -0.2) is 0 Å². The summed E-state index contributed by atoms with van der Waals surface area (Å²) in [6.45, 7) is 2.95. The fraction of sp³-hybridized carbons (Fsp3) is 0.200. The molecule has 0 radical (unpaired) electrons. The van der Waals surface area contributed by atoms with Gasteiger partial charge in [-0.3, -0.25) is 9.59 Å². The SMILES string of the molecule is Cc1cccc(NCCN[C@@H](CC(=O)Nc2ccc(Oc3ccccc3)cc2)C(=O)O)c1. The first-order chi connectivity index (χ1) is 15.5. The number of hydrogen-bond acceptors (Lipinski definition) is 5. The molecule has 0 unspecified atom stereocenters. The Balaban J connectivity index is 1.44. The maximum atomic E-state index is 12.3. The number of ether oxygens (including phenoxy) is 1. The van der Waals surface area contributed by atoms with E-state index >= 15 is 0 Å². The zero-order valence-electron chi connectivity index (χ0n) is 17.9. The van der Waals surface area contributed by atoms with E-state index in [9.17, 15) is 14.7 Å². The number of nitrogens with one attached hydrogen (secondary N) is 3. The van der Waals surface area contributed by atoms with E-state index in [0.29, 0.717) is 24.5 Å². The molecule has 4 N–H and O–H groups in total. The van der Waals surface area contributed by atoms with E-state index in [0.717, 1.165) is 17.0 Å². The van der Waals surface area contributed by atoms with Crippen molar-refractivity contribution in [3.05, 3.63) is 84.4 Å². The van der Waals surface area contributed by atoms with Gasteiger partial charge in [0.25, 0.3) is 0 Å². The minimum atomic E-state index is -1.07. The van der Waals surface area contributed by atoms with Gasteiger partial charge in [0.05, 0.1) is 6.42 Å². The first kappa shape index (κ1) is 22.8. The highest BCUT2D eigenvalue weighted by Crippen LogP contribution is 2.22. The van der Waals surface area contributed by atoms with Gasteiger partial charge in [0.1, 0.15) is 17.5 Å². The molecule has 166 valence electrons. The number of hydrogen-bond donors (Lipinski definition) is 4. The lowest BCUT2D eigenvalue weighted by molar-refractivity contribution is -0.141. The average molecular weight is 434 g/mol. The van der Waals surface area contributed by atoms with Crippen molar-refractivity contribution >= 4 is 23.3 Å². The molecule has 3 aromatic carbocycles. The van der Waals surface area contributed by atoms with Gasteiger partial charge in [0.15, 0.2) is 0 Å². The topological polar surface area (TPSA) is 99.7 Å². The molecule has 0 aromatic heterocycles. The van der Waals surface area contributed by atoms with Gasteiger partial charge in [-0.05, 0) is 61.0 Å². The van der Waals surface area contributed by atoms with Crippen LogP contribution in [0.1, 0.15) is 12.0 Å². The van der Waals surface area contributed by atoms with Crippen molar-refractivity contribution < 1.29 is 19.4 Å². The summed E-state index contributed by atoms with van der Waals surface area (Å²) in [5.74, 6) is -0.0903. The van der Waals surface area contributed by atoms with Crippen LogP contribution in [0.25, 0.3) is 0 Å². The number of para-hydroxylation sites is 1. The Morgan fingerprint density at radius 1 is 0.875 bits per heavy atom. The molecule has 1 amide bonds. The van der Waals surface area contributed by atoms with Crippen LogP contribution in [0.15, 0.2) is 78.9 Å². The third-order valence-electron chi connectivity index (χ3n) is 4.67. The number of amides is 1. The van der Waals surface area contributed by atoms with Gasteiger partial charge in [0, 0.05) is 24.5 Å². The highest BCUT2D eigenvalue weighted by Gasteiger charge is 2.20. The summed E-state index contributed by atoms with van der Waals surface area (Å²) in [7, 11) is 0. The number of benzene rings is 3. The number of aliphatic carboxylic acids is 1. The van der Waals surface area contributed by atoms with E-state index in [4.69, 9.17) is 4.74 Å². The molecular weight excluding hydrogens is 406 g/mol. The second kappa shape index (κ2) is 11.5. The average Bonchev–Trinajstić information content (AvgIpc) is 2.78. The van der Waals surface area contributed by atoms with E-state index in [1.165, 1.54) is 0 Å². The molecule has 0 saturated heterocycles. The van der Waals surface area contributed by atoms with E-state index < -0.39 is 12.0 Å². The van der Waals surface area contributed by atoms with Gasteiger partial charge in [0.2, 0.25) is 5.91 Å². The summed E-state index contributed by atoms with van der Waals surface area (Å²) in [4.78, 5) is 23.9. The summed E-state index contributed by atoms with van der Waals surface area (Å²) in [6.07, 6.45) is -0.179. The molecule has 32 heavy (non-hydrogen) atoms. The fourth-order valence-electron chi connectivity index (χ4n) is 3.08. The lowest BCUT2D eigenvalue weighted by Gasteiger charge is -2.15. The third kappa shape index (κ3) is 7.45. The molecular formula is C25H27N3O4. The van der Waals surface area contributed by atoms with Gasteiger partial charge >= 0.3 is 5.97 Å². The lowest BCUT2D eigenvalue weighted by Crippen LogP contribution is -2.41. The third-order valence-corrected chi connectivity index (χ3v) is 4.67. The van der Waals surface area contributed by atoms with Crippen LogP contribution in [-0.4, -0.2) is 36.1 Å². The first-order valence-corrected chi connectivity index (χ1v) is 10.4. The quantitative estimate of drug-likeness (QED) is 0.337. The Morgan fingerprint density at radius 2 is 1.59 bits per heavy atom. The Morgan fingerprint density at radius 3 is 2.28 bits per heavy atom. The van der Waals surface area contributed by atoms with Gasteiger partial charge in [-0.1, -0.05) is 30.3 Å². The Labute approximate surface area is 187 Å². The van der Waals surface area contributed by atoms with Gasteiger partial charge in [-0.15, -0.1) is 0 Å². The van der Waals surface area contributed by atoms with Crippen LogP contribution in [0.3, 0.4) is 0 Å². The molecule has 0 aliphatic carbocycles. The molecule has 7 nitrogen and oxygen atoms in total. The fourth-order valence-corrected chi connectivity index (χ4v) is 3.08. The summed E-state index contributed by atoms with van der Waals surface area (Å²) in [5.41, 5.74) is 2.68. The van der Waals surface area contributed by atoms with E-state index in [1.54, 1.807) is 24.3 Å². The minimum absolute atomic E-state index is 0.179. The number of anilines is 2. The van der Waals surface area contributed by atoms with Crippen molar-refractivity contribution in [2.75, 3.05) is 23.7 Å². The van der Waals surface area contributed by atoms with Crippen LogP contribution in [0.2, 0.25) is 0 Å². The molecule has 0 saturated carbocycles. The standard InChI is InChI=1S/C25H27N3O4/c1-18-6-5-7-20(16-18)26-14-15-27-23(25(30)31)17-24(29)28-19-10-12-22(13-11-19)32-21-8-3-2-4-9-21/h2-13,16,23,26-27H,14-15,17H2,1H3,(H,28,29)(H,30,31)/t23-/m0/s1. The van der Waals surface area contributed by atoms with E-state index in [-0.39, 0.29) is 12.3 Å². The van der Waals surface area contributed by atoms with Crippen LogP contribution in [-0.2, 0) is 9.59 Å². The van der Waals surface area contributed by atoms with Crippen LogP contribution >= 0.6 is 0 Å². The molecule has 1 atom stereocenters. The first-order valence-electron chi connectivity index (χ1n) is 10.4. The second-order valence-electron chi connectivity index (χ2n) is 7.33. The molecule has 0 spiro atoms. The lowest BCUT2D eigenvalue weighted by atomic mass is 10.2. The van der Waals surface area contributed by atoms with Crippen molar-refractivity contribution in [1.29, 1.82) is 0 Å². The minimum Gasteiger partial charge on any atom is -0.480 e. The number of rotatable bonds is 11. The summed E-state index contributed by atoms with van der Waals surface area (Å²) < 4.78 is 5.72. The molecule has 3 rings (SSSR count). The molecule has 3 aromatic rings. The van der Waals surface area contributed by atoms with E-state index in [1.807, 2.05) is 61.5 Å². The zero-order chi connectivity index (χ0) is 22.8. The molecule has 0 fully saturated rings. The normalized spacial score (nSPS) is 11.4.